The van der Waals surface area contributed by atoms with Crippen LogP contribution in [0.25, 0.3) is 0 Å². The van der Waals surface area contributed by atoms with Gasteiger partial charge >= 0.3 is 0 Å². The second-order valence-corrected chi connectivity index (χ2v) is 4.43. The van der Waals surface area contributed by atoms with Crippen molar-refractivity contribution < 1.29 is 4.74 Å². The second kappa shape index (κ2) is 6.07. The van der Waals surface area contributed by atoms with Gasteiger partial charge in [0, 0.05) is 23.5 Å². The van der Waals surface area contributed by atoms with E-state index in [1.165, 1.54) is 0 Å². The Bertz CT molecular complexity index is 602. The Labute approximate surface area is 117 Å². The molecule has 0 spiro atoms. The van der Waals surface area contributed by atoms with Crippen LogP contribution in [-0.4, -0.2) is 10.0 Å². The highest BCUT2D eigenvalue weighted by atomic mass is 32.1. The smallest absolute Gasteiger partial charge is 0.210 e. The first-order valence-corrected chi connectivity index (χ1v) is 6.18. The van der Waals surface area contributed by atoms with Gasteiger partial charge in [0.2, 0.25) is 6.10 Å². The number of pyridine rings is 1. The number of hydrogen-bond donors (Lipinski definition) is 0. The standard InChI is InChI=1S/C15H12N2OS/c1-11-2-4-13(5-3-11)15(19)18-14(10-16)12-6-8-17-9-7-12/h2-9,14H,1H3. The van der Waals surface area contributed by atoms with Crippen molar-refractivity contribution in [3.63, 3.8) is 0 Å². The molecular weight excluding hydrogens is 256 g/mol. The molecule has 2 aromatic rings. The Morgan fingerprint density at radius 2 is 1.84 bits per heavy atom. The lowest BCUT2D eigenvalue weighted by Crippen LogP contribution is -2.09. The highest BCUT2D eigenvalue weighted by Gasteiger charge is 2.14. The summed E-state index contributed by atoms with van der Waals surface area (Å²) < 4.78 is 5.55. The Balaban J connectivity index is 2.13. The number of aromatic nitrogens is 1. The molecule has 94 valence electrons. The lowest BCUT2D eigenvalue weighted by molar-refractivity contribution is 0.257. The van der Waals surface area contributed by atoms with Crippen LogP contribution in [-0.2, 0) is 4.74 Å². The van der Waals surface area contributed by atoms with Crippen LogP contribution in [0.3, 0.4) is 0 Å². The second-order valence-electron chi connectivity index (χ2n) is 4.06. The number of aryl methyl sites for hydroxylation is 1. The fourth-order valence-electron chi connectivity index (χ4n) is 1.57. The minimum absolute atomic E-state index is 0.323. The van der Waals surface area contributed by atoms with Crippen LogP contribution in [0, 0.1) is 18.3 Å². The van der Waals surface area contributed by atoms with Crippen LogP contribution in [0.4, 0.5) is 0 Å². The zero-order valence-electron chi connectivity index (χ0n) is 10.4. The number of thiocarbonyl (C=S) groups is 1. The van der Waals surface area contributed by atoms with Crippen molar-refractivity contribution in [2.45, 2.75) is 13.0 Å². The monoisotopic (exact) mass is 268 g/mol. The number of nitrogens with zero attached hydrogens (tertiary/aromatic N) is 2. The van der Waals surface area contributed by atoms with Gasteiger partial charge in [-0.3, -0.25) is 4.98 Å². The average Bonchev–Trinajstić information content (AvgIpc) is 2.46. The van der Waals surface area contributed by atoms with Crippen LogP contribution in [0.5, 0.6) is 0 Å². The highest BCUT2D eigenvalue weighted by Crippen LogP contribution is 2.18. The lowest BCUT2D eigenvalue weighted by atomic mass is 10.1. The molecule has 0 aliphatic rings. The zero-order valence-corrected chi connectivity index (χ0v) is 11.2. The van der Waals surface area contributed by atoms with E-state index < -0.39 is 6.10 Å². The fourth-order valence-corrected chi connectivity index (χ4v) is 1.80. The number of rotatable bonds is 3. The maximum Gasteiger partial charge on any atom is 0.210 e. The molecule has 2 rings (SSSR count). The first-order chi connectivity index (χ1) is 9.20. The van der Waals surface area contributed by atoms with E-state index in [0.29, 0.717) is 5.05 Å². The van der Waals surface area contributed by atoms with Crippen molar-refractivity contribution in [3.05, 3.63) is 65.5 Å². The third-order valence-electron chi connectivity index (χ3n) is 2.64. The number of benzene rings is 1. The maximum atomic E-state index is 9.16. The summed E-state index contributed by atoms with van der Waals surface area (Å²) in [4.78, 5) is 3.91. The summed E-state index contributed by atoms with van der Waals surface area (Å²) in [5.41, 5.74) is 2.69. The van der Waals surface area contributed by atoms with Crippen molar-refractivity contribution >= 4 is 17.3 Å². The van der Waals surface area contributed by atoms with Crippen LogP contribution in [0.1, 0.15) is 22.8 Å². The minimum Gasteiger partial charge on any atom is -0.460 e. The first-order valence-electron chi connectivity index (χ1n) is 5.78. The molecule has 0 bridgehead atoms. The number of ether oxygens (including phenoxy) is 1. The van der Waals surface area contributed by atoms with Crippen LogP contribution < -0.4 is 0 Å². The largest absolute Gasteiger partial charge is 0.460 e. The van der Waals surface area contributed by atoms with Gasteiger partial charge in [-0.2, -0.15) is 5.26 Å². The molecule has 0 N–H and O–H groups in total. The van der Waals surface area contributed by atoms with Crippen LogP contribution >= 0.6 is 12.2 Å². The molecule has 1 heterocycles. The molecular formula is C15H12N2OS. The normalized spacial score (nSPS) is 11.4. The quantitative estimate of drug-likeness (QED) is 0.801. The van der Waals surface area contributed by atoms with E-state index in [4.69, 9.17) is 22.2 Å². The van der Waals surface area contributed by atoms with Crippen molar-refractivity contribution in [2.24, 2.45) is 0 Å². The van der Waals surface area contributed by atoms with Gasteiger partial charge in [0.05, 0.1) is 0 Å². The van der Waals surface area contributed by atoms with Crippen LogP contribution in [0.15, 0.2) is 48.8 Å². The van der Waals surface area contributed by atoms with E-state index in [2.05, 4.69) is 11.1 Å². The molecule has 0 aliphatic heterocycles. The molecule has 4 heteroatoms. The van der Waals surface area contributed by atoms with Crippen LogP contribution in [0.2, 0.25) is 0 Å². The average molecular weight is 268 g/mol. The van der Waals surface area contributed by atoms with Gasteiger partial charge in [-0.05, 0) is 31.3 Å². The Kier molecular flexibility index (Phi) is 4.22. The topological polar surface area (TPSA) is 45.9 Å². The molecule has 19 heavy (non-hydrogen) atoms. The van der Waals surface area contributed by atoms with Crippen molar-refractivity contribution in [1.29, 1.82) is 5.26 Å². The molecule has 1 aromatic carbocycles. The minimum atomic E-state index is -0.711. The predicted octanol–water partition coefficient (Wildman–Crippen LogP) is 3.35. The first kappa shape index (κ1) is 13.2. The molecule has 1 aromatic heterocycles. The number of nitriles is 1. The van der Waals surface area contributed by atoms with Gasteiger partial charge in [-0.15, -0.1) is 0 Å². The van der Waals surface area contributed by atoms with E-state index in [-0.39, 0.29) is 0 Å². The Hall–Kier alpha value is -2.25. The third-order valence-corrected chi connectivity index (χ3v) is 2.97. The van der Waals surface area contributed by atoms with Crippen molar-refractivity contribution in [3.8, 4) is 6.07 Å². The molecule has 0 saturated heterocycles. The van der Waals surface area contributed by atoms with E-state index in [9.17, 15) is 0 Å². The molecule has 1 unspecified atom stereocenters. The molecule has 3 nitrogen and oxygen atoms in total. The summed E-state index contributed by atoms with van der Waals surface area (Å²) in [6, 6.07) is 13.3. The van der Waals surface area contributed by atoms with E-state index in [0.717, 1.165) is 16.7 Å². The molecule has 1 atom stereocenters. The predicted molar refractivity (Wildman–Crippen MR) is 76.6 cm³/mol. The van der Waals surface area contributed by atoms with Gasteiger partial charge in [0.15, 0.2) is 5.05 Å². The van der Waals surface area contributed by atoms with Gasteiger partial charge in [0.1, 0.15) is 6.07 Å². The lowest BCUT2D eigenvalue weighted by Gasteiger charge is -2.13. The SMILES string of the molecule is Cc1ccc(C(=S)OC(C#N)c2ccncc2)cc1. The maximum absolute atomic E-state index is 9.16. The summed E-state index contributed by atoms with van der Waals surface area (Å²) in [5.74, 6) is 0. The van der Waals surface area contributed by atoms with Crippen molar-refractivity contribution in [2.75, 3.05) is 0 Å². The van der Waals surface area contributed by atoms with Gasteiger partial charge < -0.3 is 4.74 Å². The third kappa shape index (κ3) is 3.36. The summed E-state index contributed by atoms with van der Waals surface area (Å²) in [6.45, 7) is 2.00. The Morgan fingerprint density at radius 1 is 1.21 bits per heavy atom. The van der Waals surface area contributed by atoms with E-state index in [1.807, 2.05) is 31.2 Å². The molecule has 0 fully saturated rings. The number of hydrogen-bond acceptors (Lipinski definition) is 4. The molecule has 0 aliphatic carbocycles. The highest BCUT2D eigenvalue weighted by molar-refractivity contribution is 7.80. The zero-order chi connectivity index (χ0) is 13.7. The van der Waals surface area contributed by atoms with Gasteiger partial charge in [0.25, 0.3) is 0 Å². The van der Waals surface area contributed by atoms with Crippen molar-refractivity contribution in [1.82, 2.24) is 4.98 Å². The van der Waals surface area contributed by atoms with Gasteiger partial charge in [-0.1, -0.05) is 29.8 Å². The summed E-state index contributed by atoms with van der Waals surface area (Å²) in [5, 5.41) is 9.49. The van der Waals surface area contributed by atoms with E-state index >= 15 is 0 Å². The fraction of sp³-hybridized carbons (Fsp3) is 0.133. The summed E-state index contributed by atoms with van der Waals surface area (Å²) in [6.07, 6.45) is 2.53. The summed E-state index contributed by atoms with van der Waals surface area (Å²) in [7, 11) is 0. The van der Waals surface area contributed by atoms with E-state index in [1.54, 1.807) is 24.5 Å². The Morgan fingerprint density at radius 3 is 2.42 bits per heavy atom. The molecule has 0 saturated carbocycles. The van der Waals surface area contributed by atoms with Gasteiger partial charge in [-0.25, -0.2) is 0 Å². The summed E-state index contributed by atoms with van der Waals surface area (Å²) >= 11 is 5.22. The molecule has 0 radical (unpaired) electrons. The molecule has 0 amide bonds.